The SMILES string of the molecule is CC(C)=CCC[C@](C)(O)[C@H]1CC[C@H]2[C@@H]3C[C@H](O[C@@H]4O[C@H](C)[C@@H](O)[C@H](O[C@@H]5OC[C@@H](O[C@@H]6O[C@H](C)[C@H](O)[C@H](O)[C@H]6O[C@@H]6OC[C@H](O)[C@H](O[C@@H]7O[C@H](CO)[C@H](O)[C@H](O)[C@H]7O)[C@H]6O)[C@H](O)[C@H]5O[C@@H]5O[C@H](C)[C@@H](O)[C@H](O)[C@H]5O)[C@H]4O)[C@H]4C[C@@H](OS(=O)(=O)[O-])CC[C@]4(C)C3=CC[C@@]21C.[Na+]. The normalized spacial score (nSPS) is 51.4. The second kappa shape index (κ2) is 30.7. The van der Waals surface area contributed by atoms with E-state index in [4.69, 9.17) is 61.0 Å². The molecule has 3 saturated carbocycles. The molecule has 33 heteroatoms. The van der Waals surface area contributed by atoms with Gasteiger partial charge in [0.1, 0.15) is 116 Å². The van der Waals surface area contributed by atoms with Gasteiger partial charge >= 0.3 is 29.6 Å². The number of hydrogen-bond donors (Lipinski definition) is 15. The summed E-state index contributed by atoms with van der Waals surface area (Å²) in [4.78, 5) is 0. The van der Waals surface area contributed by atoms with E-state index in [2.05, 4.69) is 26.0 Å². The number of hydrogen-bond acceptors (Lipinski definition) is 31. The van der Waals surface area contributed by atoms with Crippen LogP contribution < -0.4 is 29.6 Å². The van der Waals surface area contributed by atoms with Crippen molar-refractivity contribution in [3.63, 3.8) is 0 Å². The first kappa shape index (κ1) is 77.4. The Hall–Kier alpha value is -0.730. The summed E-state index contributed by atoms with van der Waals surface area (Å²) in [7, 11) is -5.13. The van der Waals surface area contributed by atoms with Crippen molar-refractivity contribution in [3.8, 4) is 0 Å². The number of allylic oxidation sites excluding steroid dienone is 4. The van der Waals surface area contributed by atoms with Gasteiger partial charge in [0, 0.05) is 0 Å². The number of rotatable bonds is 19. The van der Waals surface area contributed by atoms with Crippen LogP contribution in [0.3, 0.4) is 0 Å². The monoisotopic (exact) mass is 1380 g/mol. The third-order valence-corrected chi connectivity index (χ3v) is 22.5. The van der Waals surface area contributed by atoms with Crippen LogP contribution in [-0.2, 0) is 71.4 Å². The van der Waals surface area contributed by atoms with Crippen molar-refractivity contribution in [2.45, 2.75) is 303 Å². The van der Waals surface area contributed by atoms with Gasteiger partial charge in [-0.25, -0.2) is 8.42 Å². The molecule has 15 N–H and O–H groups in total. The molecular formula is C61H99NaO31S. The van der Waals surface area contributed by atoms with E-state index in [0.29, 0.717) is 32.1 Å². The van der Waals surface area contributed by atoms with Gasteiger partial charge in [0.15, 0.2) is 37.7 Å². The molecule has 0 amide bonds. The van der Waals surface area contributed by atoms with E-state index < -0.39 is 231 Å². The van der Waals surface area contributed by atoms with Crippen molar-refractivity contribution < 1.29 is 180 Å². The summed E-state index contributed by atoms with van der Waals surface area (Å²) in [5.74, 6) is -0.591. The van der Waals surface area contributed by atoms with E-state index in [-0.39, 0.29) is 65.6 Å². The molecule has 6 saturated heterocycles. The van der Waals surface area contributed by atoms with E-state index >= 15 is 0 Å². The summed E-state index contributed by atoms with van der Waals surface area (Å²) in [5.41, 5.74) is 0.381. The van der Waals surface area contributed by atoms with Crippen LogP contribution >= 0.6 is 0 Å². The minimum Gasteiger partial charge on any atom is -0.726 e. The summed E-state index contributed by atoms with van der Waals surface area (Å²) in [6.07, 6.45) is -41.4. The Labute approximate surface area is 568 Å². The summed E-state index contributed by atoms with van der Waals surface area (Å²) < 4.78 is 114. The summed E-state index contributed by atoms with van der Waals surface area (Å²) in [6.45, 7) is 12.4. The molecule has 0 bridgehead atoms. The first-order valence-corrected chi connectivity index (χ1v) is 33.9. The fraction of sp³-hybridized carbons (Fsp3) is 0.934. The largest absolute Gasteiger partial charge is 1.00 e. The van der Waals surface area contributed by atoms with E-state index in [1.54, 1.807) is 0 Å². The molecule has 0 aromatic carbocycles. The Morgan fingerprint density at radius 2 is 1.15 bits per heavy atom. The fourth-order valence-electron chi connectivity index (χ4n) is 16.8. The third-order valence-electron chi connectivity index (χ3n) is 22.0. The zero-order valence-corrected chi connectivity index (χ0v) is 57.2. The smallest absolute Gasteiger partial charge is 0.726 e. The van der Waals surface area contributed by atoms with Gasteiger partial charge in [-0.05, 0) is 134 Å². The summed E-state index contributed by atoms with van der Waals surface area (Å²) in [5, 5.41) is 168. The van der Waals surface area contributed by atoms with Gasteiger partial charge in [-0.2, -0.15) is 0 Å². The third kappa shape index (κ3) is 15.6. The Bertz CT molecular complexity index is 2680. The van der Waals surface area contributed by atoms with E-state index in [1.807, 2.05) is 20.8 Å². The second-order valence-corrected chi connectivity index (χ2v) is 29.5. The minimum absolute atomic E-state index is 0. The Kier molecular flexibility index (Phi) is 25.3. The fourth-order valence-corrected chi connectivity index (χ4v) is 17.3. The zero-order chi connectivity index (χ0) is 67.9. The van der Waals surface area contributed by atoms with Crippen molar-refractivity contribution in [2.24, 2.45) is 34.5 Å². The van der Waals surface area contributed by atoms with Gasteiger partial charge in [-0.3, -0.25) is 4.18 Å². The van der Waals surface area contributed by atoms with Crippen LogP contribution in [0.4, 0.5) is 0 Å². The Balaban J connectivity index is 0.0000104. The van der Waals surface area contributed by atoms with E-state index in [0.717, 1.165) is 18.4 Å². The molecular weight excluding hydrogens is 1280 g/mol. The van der Waals surface area contributed by atoms with Crippen LogP contribution in [0.2, 0.25) is 0 Å². The minimum atomic E-state index is -5.13. The van der Waals surface area contributed by atoms with Crippen molar-refractivity contribution in [1.82, 2.24) is 0 Å². The van der Waals surface area contributed by atoms with Crippen LogP contribution in [0, 0.1) is 34.5 Å². The molecule has 0 aromatic heterocycles. The molecule has 10 rings (SSSR count). The molecule has 94 heavy (non-hydrogen) atoms. The first-order valence-electron chi connectivity index (χ1n) is 32.5. The molecule has 536 valence electrons. The van der Waals surface area contributed by atoms with Crippen LogP contribution in [0.15, 0.2) is 23.3 Å². The molecule has 0 radical (unpaired) electrons. The quantitative estimate of drug-likeness (QED) is 0.0247. The number of aliphatic hydroxyl groups is 15. The van der Waals surface area contributed by atoms with Crippen molar-refractivity contribution in [3.05, 3.63) is 23.3 Å². The maximum absolute atomic E-state index is 12.5. The van der Waals surface area contributed by atoms with Crippen LogP contribution in [0.25, 0.3) is 0 Å². The van der Waals surface area contributed by atoms with Crippen LogP contribution in [0.1, 0.15) is 113 Å². The number of aliphatic hydroxyl groups excluding tert-OH is 14. The van der Waals surface area contributed by atoms with E-state index in [1.165, 1.54) is 26.3 Å². The Morgan fingerprint density at radius 3 is 1.80 bits per heavy atom. The number of ether oxygens (including phenoxy) is 12. The van der Waals surface area contributed by atoms with Crippen LogP contribution in [0.5, 0.6) is 0 Å². The summed E-state index contributed by atoms with van der Waals surface area (Å²) in [6, 6.07) is 0. The molecule has 4 aliphatic carbocycles. The maximum Gasteiger partial charge on any atom is 1.00 e. The predicted octanol–water partition coefficient (Wildman–Crippen LogP) is -6.81. The van der Waals surface area contributed by atoms with Crippen molar-refractivity contribution >= 4 is 10.4 Å². The molecule has 0 spiro atoms. The molecule has 6 heterocycles. The van der Waals surface area contributed by atoms with Crippen LogP contribution in [-0.4, -0.2) is 299 Å². The van der Waals surface area contributed by atoms with Crippen molar-refractivity contribution in [1.29, 1.82) is 0 Å². The number of fused-ring (bicyclic) bond motifs is 5. The molecule has 6 aliphatic heterocycles. The zero-order valence-electron chi connectivity index (χ0n) is 54.4. The second-order valence-electron chi connectivity index (χ2n) is 28.5. The average Bonchev–Trinajstić information content (AvgIpc) is 1.34. The molecule has 31 nitrogen and oxygen atoms in total. The topological polar surface area (TPSA) is 481 Å². The van der Waals surface area contributed by atoms with Gasteiger partial charge < -0.3 is 138 Å². The Morgan fingerprint density at radius 1 is 0.606 bits per heavy atom. The predicted molar refractivity (Wildman–Crippen MR) is 310 cm³/mol. The maximum atomic E-state index is 12.5. The van der Waals surface area contributed by atoms with Crippen molar-refractivity contribution in [2.75, 3.05) is 19.8 Å². The van der Waals surface area contributed by atoms with Gasteiger partial charge in [-0.1, -0.05) is 37.1 Å². The van der Waals surface area contributed by atoms with Gasteiger partial charge in [-0.15, -0.1) is 0 Å². The molecule has 9 fully saturated rings. The van der Waals surface area contributed by atoms with Gasteiger partial charge in [0.05, 0.1) is 55.9 Å². The van der Waals surface area contributed by atoms with Gasteiger partial charge in [0.2, 0.25) is 10.4 Å². The molecule has 0 unspecified atom stereocenters. The summed E-state index contributed by atoms with van der Waals surface area (Å²) >= 11 is 0. The molecule has 0 aromatic rings. The molecule has 37 atom stereocenters. The standard InChI is InChI=1S/C61H100O31S.Na/c1-23(2)10-9-15-61(8,76)36-12-11-29-28-19-33(31-18-27(92-93(77,78)79)13-16-59(31,6)30(28)14-17-60(29,36)7)85-56-48(75)50(39(66)26(5)83-56)89-57-51(91-54-45(72)42(69)37(64)24(3)82-54)41(68)35(22-81-57)87-58-52(44(71)38(65)25(4)84-58)90-53-47(74)49(32(63)21-80-53)88-55-46(73)43(70)40(67)34(20-62)86-55;/h10,14,24-29,31-58,62-76H,9,11-13,15-22H2,1-8H3,(H,77,78,79);/q;+1/p-1/t24-,25-,26-,27+,28+,29+,31-,32+,33+,34-,35-,36+,37-,38+,39-,40+,41+,42+,43+,44+,45-,46-,47-,48-,49+,50+,51-,52-,53+,54+,55+,56+,57+,58+,59-,60+,61+;/m1./s1. The molecule has 10 aliphatic rings. The van der Waals surface area contributed by atoms with E-state index in [9.17, 15) is 89.6 Å². The first-order chi connectivity index (χ1) is 43.6. The average molecular weight is 1380 g/mol. The van der Waals surface area contributed by atoms with Gasteiger partial charge in [0.25, 0.3) is 0 Å².